The van der Waals surface area contributed by atoms with Gasteiger partial charge in [-0.25, -0.2) is 4.57 Å². The molecule has 0 bridgehead atoms. The second kappa shape index (κ2) is 6.02. The van der Waals surface area contributed by atoms with E-state index in [9.17, 15) is 9.59 Å². The van der Waals surface area contributed by atoms with Crippen LogP contribution in [-0.2, 0) is 6.42 Å². The fourth-order valence-electron chi connectivity index (χ4n) is 3.29. The molecule has 0 saturated heterocycles. The lowest BCUT2D eigenvalue weighted by Gasteiger charge is -2.05. The van der Waals surface area contributed by atoms with E-state index in [-0.39, 0.29) is 11.1 Å². The molecule has 0 unspecified atom stereocenters. The number of rotatable bonds is 2. The van der Waals surface area contributed by atoms with E-state index in [0.29, 0.717) is 16.5 Å². The summed E-state index contributed by atoms with van der Waals surface area (Å²) in [7, 11) is 0. The smallest absolute Gasteiger partial charge is 0.265 e. The van der Waals surface area contributed by atoms with Crippen LogP contribution in [0.25, 0.3) is 27.2 Å². The molecule has 0 spiro atoms. The molecule has 0 aliphatic heterocycles. The Hall–Kier alpha value is -3.20. The van der Waals surface area contributed by atoms with Gasteiger partial charge in [-0.15, -0.1) is 0 Å². The lowest BCUT2D eigenvalue weighted by atomic mass is 10.1. The van der Waals surface area contributed by atoms with Crippen molar-refractivity contribution in [2.75, 3.05) is 0 Å². The summed E-state index contributed by atoms with van der Waals surface area (Å²) in [6.45, 7) is 2.05. The van der Waals surface area contributed by atoms with Crippen LogP contribution in [-0.4, -0.2) is 4.57 Å². The van der Waals surface area contributed by atoms with E-state index in [1.807, 2.05) is 60.7 Å². The highest BCUT2D eigenvalue weighted by atomic mass is 16.2. The van der Waals surface area contributed by atoms with E-state index < -0.39 is 0 Å². The normalized spacial score (nSPS) is 11.1. The Morgan fingerprint density at radius 3 is 1.72 bits per heavy atom. The predicted molar refractivity (Wildman–Crippen MR) is 103 cm³/mol. The fraction of sp³-hybridized carbons (Fsp3) is 0.0909. The third kappa shape index (κ3) is 2.45. The average molecular weight is 327 g/mol. The van der Waals surface area contributed by atoms with Crippen molar-refractivity contribution in [2.24, 2.45) is 0 Å². The Kier molecular flexibility index (Phi) is 3.69. The highest BCUT2D eigenvalue weighted by Crippen LogP contribution is 2.20. The Bertz CT molecular complexity index is 1150. The first-order chi connectivity index (χ1) is 12.2. The number of hydrogen-bond donors (Lipinski definition) is 0. The van der Waals surface area contributed by atoms with Gasteiger partial charge in [0.1, 0.15) is 0 Å². The van der Waals surface area contributed by atoms with Crippen LogP contribution in [0.2, 0.25) is 0 Å². The molecule has 4 rings (SSSR count). The number of benzene rings is 3. The van der Waals surface area contributed by atoms with Gasteiger partial charge < -0.3 is 0 Å². The zero-order chi connectivity index (χ0) is 17.4. The van der Waals surface area contributed by atoms with E-state index in [1.54, 1.807) is 12.1 Å². The van der Waals surface area contributed by atoms with Crippen LogP contribution in [0.5, 0.6) is 0 Å². The van der Waals surface area contributed by atoms with Crippen molar-refractivity contribution >= 4 is 21.5 Å². The van der Waals surface area contributed by atoms with Gasteiger partial charge in [-0.3, -0.25) is 9.59 Å². The molecule has 0 amide bonds. The van der Waals surface area contributed by atoms with Crippen LogP contribution in [0.15, 0.2) is 82.4 Å². The molecule has 0 radical (unpaired) electrons. The van der Waals surface area contributed by atoms with E-state index in [2.05, 4.69) is 6.92 Å². The molecule has 0 fully saturated rings. The Balaban J connectivity index is 2.29. The summed E-state index contributed by atoms with van der Waals surface area (Å²) in [6.07, 6.45) is 0.844. The minimum absolute atomic E-state index is 0.287. The van der Waals surface area contributed by atoms with Gasteiger partial charge in [-0.05, 0) is 47.0 Å². The summed E-state index contributed by atoms with van der Waals surface area (Å²) >= 11 is 0. The van der Waals surface area contributed by atoms with Gasteiger partial charge in [-0.2, -0.15) is 0 Å². The van der Waals surface area contributed by atoms with Gasteiger partial charge in [0.05, 0.1) is 5.69 Å². The highest BCUT2D eigenvalue weighted by Gasteiger charge is 2.12. The molecule has 25 heavy (non-hydrogen) atoms. The third-order valence-corrected chi connectivity index (χ3v) is 4.59. The first-order valence-corrected chi connectivity index (χ1v) is 8.37. The maximum absolute atomic E-state index is 13.2. The van der Waals surface area contributed by atoms with Crippen LogP contribution in [0.1, 0.15) is 12.5 Å². The van der Waals surface area contributed by atoms with Crippen molar-refractivity contribution in [1.82, 2.24) is 4.57 Å². The second-order valence-electron chi connectivity index (χ2n) is 6.06. The number of hydrogen-bond acceptors (Lipinski definition) is 2. The summed E-state index contributed by atoms with van der Waals surface area (Å²) in [4.78, 5) is 26.4. The molecule has 0 aliphatic rings. The van der Waals surface area contributed by atoms with Crippen molar-refractivity contribution in [2.45, 2.75) is 13.3 Å². The number of aryl methyl sites for hydroxylation is 1. The Morgan fingerprint density at radius 2 is 1.20 bits per heavy atom. The summed E-state index contributed by atoms with van der Waals surface area (Å²) in [6, 6.07) is 22.4. The van der Waals surface area contributed by atoms with Gasteiger partial charge in [0.25, 0.3) is 11.1 Å². The number of aromatic nitrogens is 1. The number of fused-ring (bicyclic) bond motifs is 3. The van der Waals surface area contributed by atoms with Gasteiger partial charge in [0.15, 0.2) is 0 Å². The molecule has 1 aromatic heterocycles. The van der Waals surface area contributed by atoms with Gasteiger partial charge in [0, 0.05) is 10.8 Å². The van der Waals surface area contributed by atoms with Crippen molar-refractivity contribution < 1.29 is 0 Å². The zero-order valence-corrected chi connectivity index (χ0v) is 13.9. The molecule has 0 atom stereocenters. The predicted octanol–water partition coefficient (Wildman–Crippen LogP) is 4.07. The molecular formula is C22H17NO2. The standard InChI is InChI=1S/C22H17NO2/c1-2-15-8-7-9-16(14-15)23-21(24)19-12-5-3-10-17(19)18-11-4-6-13-20(18)22(23)25/h3-14H,2H2,1H3. The van der Waals surface area contributed by atoms with Crippen molar-refractivity contribution in [3.8, 4) is 5.69 Å². The molecule has 3 nitrogen and oxygen atoms in total. The van der Waals surface area contributed by atoms with E-state index in [1.165, 1.54) is 4.57 Å². The molecule has 122 valence electrons. The minimum atomic E-state index is -0.287. The van der Waals surface area contributed by atoms with Crippen molar-refractivity contribution in [1.29, 1.82) is 0 Å². The topological polar surface area (TPSA) is 39.1 Å². The maximum atomic E-state index is 13.2. The quantitative estimate of drug-likeness (QED) is 0.557. The lowest BCUT2D eigenvalue weighted by molar-refractivity contribution is 0.968. The van der Waals surface area contributed by atoms with Crippen LogP contribution < -0.4 is 11.1 Å². The van der Waals surface area contributed by atoms with Crippen molar-refractivity contribution in [3.05, 3.63) is 99.1 Å². The summed E-state index contributed by atoms with van der Waals surface area (Å²) in [5.74, 6) is 0. The van der Waals surface area contributed by atoms with Gasteiger partial charge in [0.2, 0.25) is 0 Å². The Labute approximate surface area is 144 Å². The van der Waals surface area contributed by atoms with Crippen LogP contribution in [0, 0.1) is 0 Å². The summed E-state index contributed by atoms with van der Waals surface area (Å²) in [5, 5.41) is 2.68. The van der Waals surface area contributed by atoms with Gasteiger partial charge >= 0.3 is 0 Å². The summed E-state index contributed by atoms with van der Waals surface area (Å²) in [5.41, 5.74) is 1.12. The molecule has 1 heterocycles. The third-order valence-electron chi connectivity index (χ3n) is 4.59. The first-order valence-electron chi connectivity index (χ1n) is 8.37. The molecule has 0 aliphatic carbocycles. The van der Waals surface area contributed by atoms with Crippen LogP contribution in [0.3, 0.4) is 0 Å². The van der Waals surface area contributed by atoms with E-state index in [0.717, 1.165) is 22.8 Å². The zero-order valence-electron chi connectivity index (χ0n) is 13.9. The maximum Gasteiger partial charge on any atom is 0.265 e. The molecule has 4 aromatic rings. The largest absolute Gasteiger partial charge is 0.268 e. The first kappa shape index (κ1) is 15.3. The van der Waals surface area contributed by atoms with E-state index in [4.69, 9.17) is 0 Å². The van der Waals surface area contributed by atoms with E-state index >= 15 is 0 Å². The van der Waals surface area contributed by atoms with Gasteiger partial charge in [-0.1, -0.05) is 55.5 Å². The average Bonchev–Trinajstić information content (AvgIpc) is 2.76. The molecule has 3 heteroatoms. The Morgan fingerprint density at radius 1 is 0.680 bits per heavy atom. The highest BCUT2D eigenvalue weighted by molar-refractivity contribution is 6.05. The SMILES string of the molecule is CCc1cccc(-n2c(=O)c3ccccc3c3ccccc3c2=O)c1. The van der Waals surface area contributed by atoms with Crippen molar-refractivity contribution in [3.63, 3.8) is 0 Å². The summed E-state index contributed by atoms with van der Waals surface area (Å²) < 4.78 is 1.30. The second-order valence-corrected chi connectivity index (χ2v) is 6.06. The lowest BCUT2D eigenvalue weighted by Crippen LogP contribution is -2.28. The molecule has 0 saturated carbocycles. The van der Waals surface area contributed by atoms with Crippen LogP contribution >= 0.6 is 0 Å². The number of nitrogens with zero attached hydrogens (tertiary/aromatic N) is 1. The molecular weight excluding hydrogens is 310 g/mol. The van der Waals surface area contributed by atoms with Crippen LogP contribution in [0.4, 0.5) is 0 Å². The minimum Gasteiger partial charge on any atom is -0.268 e. The fourth-order valence-corrected chi connectivity index (χ4v) is 3.29. The monoisotopic (exact) mass is 327 g/mol. The molecule has 3 aromatic carbocycles. The molecule has 0 N–H and O–H groups in total.